The van der Waals surface area contributed by atoms with Crippen LogP contribution in [0.3, 0.4) is 0 Å². The summed E-state index contributed by atoms with van der Waals surface area (Å²) in [5.74, 6) is 1.21. The van der Waals surface area contributed by atoms with Crippen molar-refractivity contribution in [1.29, 1.82) is 0 Å². The second-order valence-electron chi connectivity index (χ2n) is 8.57. The topological polar surface area (TPSA) is 35.0 Å². The Hall–Kier alpha value is -1.97. The Morgan fingerprint density at radius 2 is 1.70 bits per heavy atom. The molecule has 0 aromatic carbocycles. The smallest absolute Gasteiger partial charge is 0.216 e. The maximum atomic E-state index is 12.9. The van der Waals surface area contributed by atoms with Crippen LogP contribution in [0.2, 0.25) is 0 Å². The van der Waals surface area contributed by atoms with Crippen LogP contribution in [0.5, 0.6) is 5.88 Å². The van der Waals surface area contributed by atoms with E-state index in [1.807, 2.05) is 12.4 Å². The van der Waals surface area contributed by atoms with Crippen LogP contribution in [0.4, 0.5) is 4.39 Å². The predicted octanol–water partition coefficient (Wildman–Crippen LogP) is 5.88. The van der Waals surface area contributed by atoms with Crippen molar-refractivity contribution in [1.82, 2.24) is 9.97 Å². The molecule has 1 aliphatic carbocycles. The number of nitrogens with zero attached hydrogens (tertiary/aromatic N) is 2. The molecule has 148 valence electrons. The molecule has 0 atom stereocenters. The minimum absolute atomic E-state index is 0.343. The SMILES string of the molecule is CC(C)CC1(Cc2ccncc2)CC1.COc1cc(CC(C)C)cc(F)n1. The normalized spacial score (nSPS) is 14.7. The fraction of sp³-hybridized carbons (Fsp3) is 0.565. The quantitative estimate of drug-likeness (QED) is 0.569. The largest absolute Gasteiger partial charge is 0.481 e. The van der Waals surface area contributed by atoms with E-state index >= 15 is 0 Å². The van der Waals surface area contributed by atoms with Crippen LogP contribution in [0.15, 0.2) is 36.7 Å². The number of methoxy groups -OCH3 is 1. The average Bonchev–Trinajstić information content (AvgIpc) is 3.33. The number of halogens is 1. The molecule has 2 heterocycles. The molecule has 0 N–H and O–H groups in total. The molecule has 3 rings (SSSR count). The second kappa shape index (κ2) is 9.82. The van der Waals surface area contributed by atoms with Gasteiger partial charge in [-0.05, 0) is 78.7 Å². The third-order valence-corrected chi connectivity index (χ3v) is 4.81. The third kappa shape index (κ3) is 7.66. The van der Waals surface area contributed by atoms with E-state index in [0.717, 1.165) is 17.9 Å². The van der Waals surface area contributed by atoms with Crippen LogP contribution in [-0.4, -0.2) is 17.1 Å². The van der Waals surface area contributed by atoms with Gasteiger partial charge < -0.3 is 4.74 Å². The van der Waals surface area contributed by atoms with Gasteiger partial charge in [-0.2, -0.15) is 9.37 Å². The second-order valence-corrected chi connectivity index (χ2v) is 8.57. The van der Waals surface area contributed by atoms with Crippen LogP contribution in [0.25, 0.3) is 0 Å². The van der Waals surface area contributed by atoms with Crippen molar-refractivity contribution >= 4 is 0 Å². The van der Waals surface area contributed by atoms with Crippen LogP contribution >= 0.6 is 0 Å². The average molecular weight is 373 g/mol. The minimum atomic E-state index is -0.477. The van der Waals surface area contributed by atoms with Gasteiger partial charge in [-0.15, -0.1) is 0 Å². The first-order chi connectivity index (χ1) is 12.8. The Kier molecular flexibility index (Phi) is 7.76. The summed E-state index contributed by atoms with van der Waals surface area (Å²) in [6.07, 6.45) is 10.1. The summed E-state index contributed by atoms with van der Waals surface area (Å²) in [4.78, 5) is 7.63. The zero-order valence-electron chi connectivity index (χ0n) is 17.3. The molecule has 27 heavy (non-hydrogen) atoms. The van der Waals surface area contributed by atoms with E-state index in [1.54, 1.807) is 6.07 Å². The number of hydrogen-bond donors (Lipinski definition) is 0. The fourth-order valence-electron chi connectivity index (χ4n) is 3.65. The molecular formula is C23H33FN2O. The first-order valence-corrected chi connectivity index (χ1v) is 9.91. The molecule has 1 saturated carbocycles. The van der Waals surface area contributed by atoms with Gasteiger partial charge in [0, 0.05) is 18.5 Å². The molecule has 0 spiro atoms. The van der Waals surface area contributed by atoms with Gasteiger partial charge in [-0.3, -0.25) is 4.98 Å². The summed E-state index contributed by atoms with van der Waals surface area (Å²) in [6, 6.07) is 7.52. The van der Waals surface area contributed by atoms with Gasteiger partial charge >= 0.3 is 0 Å². The minimum Gasteiger partial charge on any atom is -0.481 e. The van der Waals surface area contributed by atoms with Crippen LogP contribution in [-0.2, 0) is 12.8 Å². The zero-order valence-corrected chi connectivity index (χ0v) is 17.3. The highest BCUT2D eigenvalue weighted by molar-refractivity contribution is 5.21. The third-order valence-electron chi connectivity index (χ3n) is 4.81. The van der Waals surface area contributed by atoms with Crippen molar-refractivity contribution in [3.8, 4) is 5.88 Å². The van der Waals surface area contributed by atoms with Crippen LogP contribution in [0.1, 0.15) is 58.1 Å². The Balaban J connectivity index is 0.000000194. The van der Waals surface area contributed by atoms with Crippen LogP contribution < -0.4 is 4.74 Å². The lowest BCUT2D eigenvalue weighted by atomic mass is 9.88. The van der Waals surface area contributed by atoms with E-state index in [0.29, 0.717) is 17.2 Å². The Bertz CT molecular complexity index is 697. The van der Waals surface area contributed by atoms with Crippen molar-refractivity contribution in [3.05, 3.63) is 53.7 Å². The van der Waals surface area contributed by atoms with Crippen molar-refractivity contribution in [2.24, 2.45) is 17.3 Å². The van der Waals surface area contributed by atoms with Crippen molar-refractivity contribution in [3.63, 3.8) is 0 Å². The summed E-state index contributed by atoms with van der Waals surface area (Å²) in [6.45, 7) is 8.83. The van der Waals surface area contributed by atoms with Crippen molar-refractivity contribution < 1.29 is 9.13 Å². The van der Waals surface area contributed by atoms with E-state index < -0.39 is 5.95 Å². The van der Waals surface area contributed by atoms with E-state index in [-0.39, 0.29) is 0 Å². The maximum Gasteiger partial charge on any atom is 0.216 e. The Labute approximate surface area is 163 Å². The molecular weight excluding hydrogens is 339 g/mol. The Morgan fingerprint density at radius 1 is 1.04 bits per heavy atom. The van der Waals surface area contributed by atoms with Crippen LogP contribution in [0, 0.1) is 23.2 Å². The van der Waals surface area contributed by atoms with Gasteiger partial charge in [0.2, 0.25) is 11.8 Å². The number of rotatable bonds is 7. The Morgan fingerprint density at radius 3 is 2.22 bits per heavy atom. The summed E-state index contributed by atoms with van der Waals surface area (Å²) in [5, 5.41) is 0. The van der Waals surface area contributed by atoms with Gasteiger partial charge in [0.25, 0.3) is 0 Å². The molecule has 4 heteroatoms. The van der Waals surface area contributed by atoms with Gasteiger partial charge in [-0.1, -0.05) is 27.7 Å². The summed E-state index contributed by atoms with van der Waals surface area (Å²) < 4.78 is 17.7. The first-order valence-electron chi connectivity index (χ1n) is 9.91. The maximum absolute atomic E-state index is 12.9. The summed E-state index contributed by atoms with van der Waals surface area (Å²) in [7, 11) is 1.49. The number of pyridine rings is 2. The molecule has 0 bridgehead atoms. The van der Waals surface area contributed by atoms with Gasteiger partial charge in [0.15, 0.2) is 0 Å². The fourth-order valence-corrected chi connectivity index (χ4v) is 3.65. The molecule has 3 nitrogen and oxygen atoms in total. The van der Waals surface area contributed by atoms with Gasteiger partial charge in [0.1, 0.15) is 0 Å². The molecule has 0 saturated heterocycles. The number of aromatic nitrogens is 2. The molecule has 1 aliphatic rings. The lowest BCUT2D eigenvalue weighted by Crippen LogP contribution is -2.08. The highest BCUT2D eigenvalue weighted by Gasteiger charge is 2.42. The molecule has 0 unspecified atom stereocenters. The summed E-state index contributed by atoms with van der Waals surface area (Å²) >= 11 is 0. The molecule has 1 fully saturated rings. The first kappa shape index (κ1) is 21.3. The van der Waals surface area contributed by atoms with E-state index in [2.05, 4.69) is 49.8 Å². The summed E-state index contributed by atoms with van der Waals surface area (Å²) in [5.41, 5.74) is 3.03. The van der Waals surface area contributed by atoms with Gasteiger partial charge in [0.05, 0.1) is 7.11 Å². The van der Waals surface area contributed by atoms with Crippen molar-refractivity contribution in [2.75, 3.05) is 7.11 Å². The predicted molar refractivity (Wildman–Crippen MR) is 108 cm³/mol. The highest BCUT2D eigenvalue weighted by Crippen LogP contribution is 2.52. The van der Waals surface area contributed by atoms with E-state index in [9.17, 15) is 4.39 Å². The molecule has 0 radical (unpaired) electrons. The van der Waals surface area contributed by atoms with Crippen molar-refractivity contribution in [2.45, 2.75) is 59.8 Å². The molecule has 0 aliphatic heterocycles. The zero-order chi connectivity index (χ0) is 19.9. The number of hydrogen-bond acceptors (Lipinski definition) is 3. The molecule has 2 aromatic heterocycles. The molecule has 0 amide bonds. The highest BCUT2D eigenvalue weighted by atomic mass is 19.1. The molecule has 2 aromatic rings. The number of ether oxygens (including phenoxy) is 1. The van der Waals surface area contributed by atoms with E-state index in [1.165, 1.54) is 44.4 Å². The van der Waals surface area contributed by atoms with Gasteiger partial charge in [-0.25, -0.2) is 0 Å². The lowest BCUT2D eigenvalue weighted by Gasteiger charge is -2.17. The monoisotopic (exact) mass is 372 g/mol. The standard InChI is InChI=1S/C13H19N.C10H14FNO/c1-11(2)9-13(5-6-13)10-12-3-7-14-8-4-12;1-7(2)4-8-5-9(11)12-10(6-8)13-3/h3-4,7-8,11H,5-6,9-10H2,1-2H3;5-7H,4H2,1-3H3. The lowest BCUT2D eigenvalue weighted by molar-refractivity contribution is 0.386. The van der Waals surface area contributed by atoms with E-state index in [4.69, 9.17) is 4.74 Å².